The minimum absolute atomic E-state index is 0.224. The first-order valence-electron chi connectivity index (χ1n) is 6.09. The molecule has 0 saturated carbocycles. The van der Waals surface area contributed by atoms with E-state index in [1.807, 2.05) is 26.2 Å². The largest absolute Gasteiger partial charge is 0.327 e. The molecule has 2 heterocycles. The van der Waals surface area contributed by atoms with Gasteiger partial charge in [-0.25, -0.2) is 9.78 Å². The van der Waals surface area contributed by atoms with Gasteiger partial charge in [-0.05, 0) is 18.4 Å². The monoisotopic (exact) mass is 292 g/mol. The number of aromatic nitrogens is 4. The summed E-state index contributed by atoms with van der Waals surface area (Å²) >= 11 is 1.59. The normalized spacial score (nSPS) is 10.6. The third kappa shape index (κ3) is 3.70. The summed E-state index contributed by atoms with van der Waals surface area (Å²) in [6, 6.07) is 3.20. The lowest BCUT2D eigenvalue weighted by Crippen LogP contribution is -2.20. The molecule has 106 valence electrons. The molecule has 0 saturated heterocycles. The smallest absolute Gasteiger partial charge is 0.292 e. The molecule has 0 radical (unpaired) electrons. The second-order valence-corrected chi connectivity index (χ2v) is 5.24. The van der Waals surface area contributed by atoms with E-state index in [1.54, 1.807) is 24.0 Å². The van der Waals surface area contributed by atoms with Gasteiger partial charge in [0.1, 0.15) is 11.6 Å². The standard InChI is InChI=1S/C12H16N6OS/c1-7(2)10-15-11(18-17-10)16-12(19)14-9-5-4-8(20-3)6-13-9/h4-7H,1-3H3,(H3,13,14,15,16,17,18,19). The van der Waals surface area contributed by atoms with Crippen LogP contribution in [0.4, 0.5) is 16.6 Å². The Labute approximate surface area is 121 Å². The van der Waals surface area contributed by atoms with E-state index >= 15 is 0 Å². The number of hydrogen-bond donors (Lipinski definition) is 3. The molecule has 0 fully saturated rings. The first-order valence-corrected chi connectivity index (χ1v) is 7.31. The van der Waals surface area contributed by atoms with Crippen molar-refractivity contribution in [2.75, 3.05) is 16.9 Å². The molecule has 0 aromatic carbocycles. The van der Waals surface area contributed by atoms with Crippen LogP contribution in [0.5, 0.6) is 0 Å². The van der Waals surface area contributed by atoms with Gasteiger partial charge in [0.15, 0.2) is 0 Å². The molecular formula is C12H16N6OS. The first kappa shape index (κ1) is 14.3. The maximum absolute atomic E-state index is 11.8. The lowest BCUT2D eigenvalue weighted by atomic mass is 10.2. The molecule has 8 heteroatoms. The van der Waals surface area contributed by atoms with E-state index in [0.717, 1.165) is 10.7 Å². The van der Waals surface area contributed by atoms with Crippen LogP contribution in [0.15, 0.2) is 23.2 Å². The molecule has 0 aliphatic rings. The molecular weight excluding hydrogens is 276 g/mol. The highest BCUT2D eigenvalue weighted by Gasteiger charge is 2.10. The fraction of sp³-hybridized carbons (Fsp3) is 0.333. The number of carbonyl (C=O) groups excluding carboxylic acids is 1. The molecule has 0 bridgehead atoms. The van der Waals surface area contributed by atoms with Gasteiger partial charge in [-0.15, -0.1) is 16.9 Å². The number of thioether (sulfide) groups is 1. The molecule has 2 aromatic rings. The van der Waals surface area contributed by atoms with Crippen LogP contribution >= 0.6 is 11.8 Å². The van der Waals surface area contributed by atoms with Gasteiger partial charge in [0.2, 0.25) is 5.95 Å². The number of anilines is 2. The zero-order valence-electron chi connectivity index (χ0n) is 11.5. The molecule has 0 aliphatic carbocycles. The topological polar surface area (TPSA) is 95.6 Å². The molecule has 0 aliphatic heterocycles. The number of amides is 2. The average molecular weight is 292 g/mol. The summed E-state index contributed by atoms with van der Waals surface area (Å²) in [6.07, 6.45) is 3.66. The molecule has 2 amide bonds. The van der Waals surface area contributed by atoms with Crippen LogP contribution < -0.4 is 10.6 Å². The summed E-state index contributed by atoms with van der Waals surface area (Å²) in [5.41, 5.74) is 0. The Morgan fingerprint density at radius 3 is 2.70 bits per heavy atom. The Hall–Kier alpha value is -2.09. The number of urea groups is 1. The summed E-state index contributed by atoms with van der Waals surface area (Å²) in [4.78, 5) is 21.1. The van der Waals surface area contributed by atoms with Crippen molar-refractivity contribution < 1.29 is 4.79 Å². The summed E-state index contributed by atoms with van der Waals surface area (Å²) in [6.45, 7) is 3.98. The van der Waals surface area contributed by atoms with Crippen molar-refractivity contribution in [2.45, 2.75) is 24.7 Å². The van der Waals surface area contributed by atoms with Crippen molar-refractivity contribution in [1.82, 2.24) is 20.2 Å². The molecule has 20 heavy (non-hydrogen) atoms. The lowest BCUT2D eigenvalue weighted by molar-refractivity contribution is 0.262. The number of aromatic amines is 1. The molecule has 0 spiro atoms. The number of nitrogens with one attached hydrogen (secondary N) is 3. The van der Waals surface area contributed by atoms with Crippen molar-refractivity contribution in [2.24, 2.45) is 0 Å². The lowest BCUT2D eigenvalue weighted by Gasteiger charge is -2.04. The minimum Gasteiger partial charge on any atom is -0.292 e. The van der Waals surface area contributed by atoms with Gasteiger partial charge >= 0.3 is 6.03 Å². The Bertz CT molecular complexity index is 580. The summed E-state index contributed by atoms with van der Waals surface area (Å²) in [5.74, 6) is 1.66. The number of nitrogens with zero attached hydrogens (tertiary/aromatic N) is 3. The van der Waals surface area contributed by atoms with E-state index in [1.165, 1.54) is 0 Å². The third-order valence-corrected chi connectivity index (χ3v) is 3.20. The second kappa shape index (κ2) is 6.38. The minimum atomic E-state index is -0.427. The number of rotatable bonds is 4. The van der Waals surface area contributed by atoms with Crippen LogP contribution in [0.1, 0.15) is 25.6 Å². The van der Waals surface area contributed by atoms with Gasteiger partial charge in [0, 0.05) is 17.0 Å². The van der Waals surface area contributed by atoms with Crippen molar-refractivity contribution in [3.05, 3.63) is 24.2 Å². The number of hydrogen-bond acceptors (Lipinski definition) is 5. The van der Waals surface area contributed by atoms with E-state index in [0.29, 0.717) is 5.82 Å². The van der Waals surface area contributed by atoms with Gasteiger partial charge in [-0.1, -0.05) is 13.8 Å². The summed E-state index contributed by atoms with van der Waals surface area (Å²) in [7, 11) is 0. The van der Waals surface area contributed by atoms with Crippen molar-refractivity contribution >= 4 is 29.6 Å². The Morgan fingerprint density at radius 1 is 1.35 bits per heavy atom. The number of H-pyrrole nitrogens is 1. The maximum atomic E-state index is 11.8. The molecule has 7 nitrogen and oxygen atoms in total. The van der Waals surface area contributed by atoms with Crippen LogP contribution in [0.2, 0.25) is 0 Å². The Kier molecular flexibility index (Phi) is 4.57. The van der Waals surface area contributed by atoms with Crippen molar-refractivity contribution in [3.63, 3.8) is 0 Å². The van der Waals surface area contributed by atoms with Gasteiger partial charge in [0.05, 0.1) is 0 Å². The molecule has 3 N–H and O–H groups in total. The van der Waals surface area contributed by atoms with Crippen LogP contribution in [0.3, 0.4) is 0 Å². The van der Waals surface area contributed by atoms with E-state index < -0.39 is 6.03 Å². The number of carbonyl (C=O) groups is 1. The Morgan fingerprint density at radius 2 is 2.15 bits per heavy atom. The fourth-order valence-corrected chi connectivity index (χ4v) is 1.77. The van der Waals surface area contributed by atoms with Crippen LogP contribution in [-0.2, 0) is 0 Å². The van der Waals surface area contributed by atoms with Gasteiger partial charge in [-0.3, -0.25) is 15.7 Å². The molecule has 2 rings (SSSR count). The predicted octanol–water partition coefficient (Wildman–Crippen LogP) is 2.69. The van der Waals surface area contributed by atoms with Crippen LogP contribution in [0.25, 0.3) is 0 Å². The second-order valence-electron chi connectivity index (χ2n) is 4.36. The average Bonchev–Trinajstić information content (AvgIpc) is 2.88. The first-order chi connectivity index (χ1) is 9.58. The number of pyridine rings is 1. The van der Waals surface area contributed by atoms with Gasteiger partial charge < -0.3 is 0 Å². The summed E-state index contributed by atoms with van der Waals surface area (Å²) < 4.78 is 0. The van der Waals surface area contributed by atoms with E-state index in [2.05, 4.69) is 30.8 Å². The highest BCUT2D eigenvalue weighted by atomic mass is 32.2. The highest BCUT2D eigenvalue weighted by molar-refractivity contribution is 7.98. The van der Waals surface area contributed by atoms with E-state index in [4.69, 9.17) is 0 Å². The zero-order valence-corrected chi connectivity index (χ0v) is 12.3. The highest BCUT2D eigenvalue weighted by Crippen LogP contribution is 2.15. The van der Waals surface area contributed by atoms with Crippen molar-refractivity contribution in [1.29, 1.82) is 0 Å². The molecule has 2 aromatic heterocycles. The quantitative estimate of drug-likeness (QED) is 0.753. The predicted molar refractivity (Wildman–Crippen MR) is 79.1 cm³/mol. The SMILES string of the molecule is CSc1ccc(NC(=O)Nc2n[nH]c(C(C)C)n2)nc1. The third-order valence-electron chi connectivity index (χ3n) is 2.49. The fourth-order valence-electron chi connectivity index (χ4n) is 1.41. The van der Waals surface area contributed by atoms with Crippen LogP contribution in [0, 0.1) is 0 Å². The van der Waals surface area contributed by atoms with Crippen molar-refractivity contribution in [3.8, 4) is 0 Å². The molecule has 0 unspecified atom stereocenters. The maximum Gasteiger partial charge on any atom is 0.327 e. The van der Waals surface area contributed by atoms with Gasteiger partial charge in [0.25, 0.3) is 0 Å². The van der Waals surface area contributed by atoms with Gasteiger partial charge in [-0.2, -0.15) is 4.98 Å². The summed E-state index contributed by atoms with van der Waals surface area (Å²) in [5, 5.41) is 11.8. The Balaban J connectivity index is 1.93. The van der Waals surface area contributed by atoms with E-state index in [-0.39, 0.29) is 11.9 Å². The van der Waals surface area contributed by atoms with E-state index in [9.17, 15) is 4.79 Å². The van der Waals surface area contributed by atoms with Crippen LogP contribution in [-0.4, -0.2) is 32.5 Å². The molecule has 0 atom stereocenters. The zero-order chi connectivity index (χ0) is 14.5.